The van der Waals surface area contributed by atoms with Crippen molar-refractivity contribution < 1.29 is 4.79 Å². The van der Waals surface area contributed by atoms with Gasteiger partial charge in [-0.1, -0.05) is 59.3 Å². The van der Waals surface area contributed by atoms with E-state index in [4.69, 9.17) is 11.6 Å². The third-order valence-corrected chi connectivity index (χ3v) is 7.02. The first kappa shape index (κ1) is 21.6. The van der Waals surface area contributed by atoms with E-state index in [0.29, 0.717) is 10.2 Å². The van der Waals surface area contributed by atoms with Gasteiger partial charge in [0.15, 0.2) is 11.0 Å². The molecule has 0 bridgehead atoms. The van der Waals surface area contributed by atoms with Gasteiger partial charge in [0.05, 0.1) is 11.8 Å². The van der Waals surface area contributed by atoms with E-state index < -0.39 is 0 Å². The summed E-state index contributed by atoms with van der Waals surface area (Å²) in [4.78, 5) is 13.9. The molecule has 0 fully saturated rings. The Balaban J connectivity index is 1.44. The first-order valence-electron chi connectivity index (χ1n) is 9.69. The molecule has 0 aliphatic rings. The number of amides is 1. The number of rotatable bonds is 7. The number of nitrogens with zero attached hydrogens (tertiary/aromatic N) is 3. The third kappa shape index (κ3) is 5.18. The maximum absolute atomic E-state index is 12.8. The predicted molar refractivity (Wildman–Crippen MR) is 128 cm³/mol. The molecule has 2 aromatic carbocycles. The van der Waals surface area contributed by atoms with Crippen LogP contribution < -0.4 is 5.32 Å². The second-order valence-electron chi connectivity index (χ2n) is 7.09. The van der Waals surface area contributed by atoms with E-state index in [0.717, 1.165) is 21.8 Å². The zero-order valence-electron chi connectivity index (χ0n) is 17.1. The number of aryl methyl sites for hydroxylation is 1. The Labute approximate surface area is 194 Å². The van der Waals surface area contributed by atoms with E-state index in [1.165, 1.54) is 17.3 Å². The van der Waals surface area contributed by atoms with Crippen molar-refractivity contribution in [3.8, 4) is 11.4 Å². The third-order valence-electron chi connectivity index (χ3n) is 4.81. The highest BCUT2D eigenvalue weighted by molar-refractivity contribution is 7.99. The lowest BCUT2D eigenvalue weighted by atomic mass is 10.0. The van der Waals surface area contributed by atoms with Crippen LogP contribution in [0.15, 0.2) is 71.2 Å². The fraction of sp³-hybridized carbons (Fsp3) is 0.174. The van der Waals surface area contributed by atoms with Crippen LogP contribution in [0.4, 0.5) is 0 Å². The maximum atomic E-state index is 12.8. The molecule has 0 aliphatic heterocycles. The van der Waals surface area contributed by atoms with Crippen LogP contribution >= 0.6 is 34.7 Å². The van der Waals surface area contributed by atoms with E-state index in [2.05, 4.69) is 46.7 Å². The Morgan fingerprint density at radius 3 is 2.55 bits per heavy atom. The van der Waals surface area contributed by atoms with Gasteiger partial charge in [-0.3, -0.25) is 4.79 Å². The summed E-state index contributed by atoms with van der Waals surface area (Å²) >= 11 is 8.97. The topological polar surface area (TPSA) is 59.8 Å². The van der Waals surface area contributed by atoms with Crippen molar-refractivity contribution in [1.29, 1.82) is 0 Å². The quantitative estimate of drug-likeness (QED) is 0.363. The predicted octanol–water partition coefficient (Wildman–Crippen LogP) is 5.50. The second kappa shape index (κ2) is 9.68. The number of hydrogen-bond acceptors (Lipinski definition) is 5. The number of thiophene rings is 1. The summed E-state index contributed by atoms with van der Waals surface area (Å²) in [6, 6.07) is 19.6. The Kier molecular flexibility index (Phi) is 6.75. The molecule has 158 valence electrons. The van der Waals surface area contributed by atoms with E-state index in [-0.39, 0.29) is 17.7 Å². The molecule has 4 rings (SSSR count). The zero-order valence-corrected chi connectivity index (χ0v) is 19.5. The van der Waals surface area contributed by atoms with E-state index >= 15 is 0 Å². The minimum atomic E-state index is -0.169. The molecule has 5 nitrogen and oxygen atoms in total. The van der Waals surface area contributed by atoms with E-state index in [9.17, 15) is 4.79 Å². The van der Waals surface area contributed by atoms with Crippen LogP contribution in [0.1, 0.15) is 22.0 Å². The standard InChI is InChI=1S/C23H21ClN4OS2/c1-15-5-7-16(8-6-15)21(19-4-3-13-30-19)25-20(29)14-31-23-27-26-22(28(23)2)17-9-11-18(24)12-10-17/h3-13,21H,14H2,1-2H3,(H,25,29). The van der Waals surface area contributed by atoms with Crippen LogP contribution in [0.3, 0.4) is 0 Å². The molecule has 2 heterocycles. The Hall–Kier alpha value is -2.61. The van der Waals surface area contributed by atoms with Gasteiger partial charge in [0.1, 0.15) is 0 Å². The van der Waals surface area contributed by atoms with Gasteiger partial charge in [-0.05, 0) is 48.2 Å². The molecule has 0 spiro atoms. The first-order valence-corrected chi connectivity index (χ1v) is 11.9. The average Bonchev–Trinajstić information content (AvgIpc) is 3.42. The second-order valence-corrected chi connectivity index (χ2v) is 9.45. The summed E-state index contributed by atoms with van der Waals surface area (Å²) in [5.41, 5.74) is 3.18. The minimum absolute atomic E-state index is 0.0555. The summed E-state index contributed by atoms with van der Waals surface area (Å²) < 4.78 is 1.89. The summed E-state index contributed by atoms with van der Waals surface area (Å²) in [6.45, 7) is 2.05. The van der Waals surface area contributed by atoms with Crippen LogP contribution in [0, 0.1) is 6.92 Å². The Bertz CT molecular complexity index is 1160. The molecular weight excluding hydrogens is 448 g/mol. The van der Waals surface area contributed by atoms with Crippen LogP contribution in [0.5, 0.6) is 0 Å². The molecule has 31 heavy (non-hydrogen) atoms. The number of benzene rings is 2. The maximum Gasteiger partial charge on any atom is 0.231 e. The molecule has 4 aromatic rings. The molecule has 1 N–H and O–H groups in total. The molecule has 1 amide bonds. The fourth-order valence-electron chi connectivity index (χ4n) is 3.16. The van der Waals surface area contributed by atoms with Gasteiger partial charge in [0, 0.05) is 22.5 Å². The van der Waals surface area contributed by atoms with Crippen molar-refractivity contribution >= 4 is 40.6 Å². The number of thioether (sulfide) groups is 1. The van der Waals surface area contributed by atoms with Crippen molar-refractivity contribution in [2.24, 2.45) is 7.05 Å². The monoisotopic (exact) mass is 468 g/mol. The van der Waals surface area contributed by atoms with E-state index in [1.54, 1.807) is 11.3 Å². The van der Waals surface area contributed by atoms with Gasteiger partial charge >= 0.3 is 0 Å². The lowest BCUT2D eigenvalue weighted by molar-refractivity contribution is -0.119. The zero-order chi connectivity index (χ0) is 21.8. The largest absolute Gasteiger partial charge is 0.344 e. The van der Waals surface area contributed by atoms with Crippen LogP contribution in [-0.4, -0.2) is 26.4 Å². The molecule has 0 saturated heterocycles. The van der Waals surface area contributed by atoms with Crippen molar-refractivity contribution in [3.63, 3.8) is 0 Å². The van der Waals surface area contributed by atoms with Crippen LogP contribution in [0.2, 0.25) is 5.02 Å². The number of aromatic nitrogens is 3. The number of nitrogens with one attached hydrogen (secondary N) is 1. The Morgan fingerprint density at radius 2 is 1.87 bits per heavy atom. The number of hydrogen-bond donors (Lipinski definition) is 1. The lowest BCUT2D eigenvalue weighted by Crippen LogP contribution is -2.30. The van der Waals surface area contributed by atoms with Gasteiger partial charge in [-0.2, -0.15) is 0 Å². The van der Waals surface area contributed by atoms with Gasteiger partial charge in [0.25, 0.3) is 0 Å². The van der Waals surface area contributed by atoms with Gasteiger partial charge in [-0.15, -0.1) is 21.5 Å². The highest BCUT2D eigenvalue weighted by Gasteiger charge is 2.19. The van der Waals surface area contributed by atoms with Crippen molar-refractivity contribution in [1.82, 2.24) is 20.1 Å². The number of carbonyl (C=O) groups is 1. The molecular formula is C23H21ClN4OS2. The van der Waals surface area contributed by atoms with Crippen molar-refractivity contribution in [2.75, 3.05) is 5.75 Å². The fourth-order valence-corrected chi connectivity index (χ4v) is 4.81. The number of carbonyl (C=O) groups excluding carboxylic acids is 1. The van der Waals surface area contributed by atoms with Gasteiger partial charge in [-0.25, -0.2) is 0 Å². The van der Waals surface area contributed by atoms with Crippen LogP contribution in [0.25, 0.3) is 11.4 Å². The summed E-state index contributed by atoms with van der Waals surface area (Å²) in [5.74, 6) is 0.927. The lowest BCUT2D eigenvalue weighted by Gasteiger charge is -2.18. The molecule has 0 aliphatic carbocycles. The first-order chi connectivity index (χ1) is 15.0. The summed E-state index contributed by atoms with van der Waals surface area (Å²) in [6.07, 6.45) is 0. The smallest absolute Gasteiger partial charge is 0.231 e. The minimum Gasteiger partial charge on any atom is -0.344 e. The normalized spacial score (nSPS) is 12.0. The molecule has 8 heteroatoms. The Morgan fingerprint density at radius 1 is 1.13 bits per heavy atom. The molecule has 1 unspecified atom stereocenters. The molecule has 2 aromatic heterocycles. The highest BCUT2D eigenvalue weighted by atomic mass is 35.5. The average molecular weight is 469 g/mol. The molecule has 0 radical (unpaired) electrons. The van der Waals surface area contributed by atoms with E-state index in [1.807, 2.05) is 53.4 Å². The highest BCUT2D eigenvalue weighted by Crippen LogP contribution is 2.27. The molecule has 1 atom stereocenters. The summed E-state index contributed by atoms with van der Waals surface area (Å²) in [5, 5.41) is 15.1. The van der Waals surface area contributed by atoms with Crippen molar-refractivity contribution in [2.45, 2.75) is 18.1 Å². The van der Waals surface area contributed by atoms with Crippen LogP contribution in [-0.2, 0) is 11.8 Å². The summed E-state index contributed by atoms with van der Waals surface area (Å²) in [7, 11) is 1.89. The van der Waals surface area contributed by atoms with Crippen molar-refractivity contribution in [3.05, 3.63) is 87.1 Å². The number of halogens is 1. The van der Waals surface area contributed by atoms with Gasteiger partial charge in [0.2, 0.25) is 5.91 Å². The SMILES string of the molecule is Cc1ccc(C(NC(=O)CSc2nnc(-c3ccc(Cl)cc3)n2C)c2cccs2)cc1. The van der Waals surface area contributed by atoms with Gasteiger partial charge < -0.3 is 9.88 Å². The molecule has 0 saturated carbocycles.